The van der Waals surface area contributed by atoms with Crippen molar-refractivity contribution in [3.8, 4) is 22.8 Å². The van der Waals surface area contributed by atoms with Gasteiger partial charge in [-0.05, 0) is 133 Å². The van der Waals surface area contributed by atoms with Crippen LogP contribution in [0.15, 0.2) is 97.3 Å². The van der Waals surface area contributed by atoms with E-state index in [0.29, 0.717) is 64.2 Å². The number of ether oxygens (including phenoxy) is 2. The maximum Gasteiger partial charge on any atom is 0.247 e. The third-order valence-corrected chi connectivity index (χ3v) is 16.6. The van der Waals surface area contributed by atoms with Gasteiger partial charge in [0.15, 0.2) is 11.9 Å². The van der Waals surface area contributed by atoms with Crippen molar-refractivity contribution in [3.63, 3.8) is 0 Å². The number of nitrogens with zero attached hydrogens (tertiary/aromatic N) is 8. The average Bonchev–Trinajstić information content (AvgIpc) is 4.14. The van der Waals surface area contributed by atoms with E-state index in [0.717, 1.165) is 61.4 Å². The molecule has 0 spiro atoms. The molecule has 3 aromatic carbocycles. The van der Waals surface area contributed by atoms with Gasteiger partial charge in [0.1, 0.15) is 29.4 Å². The van der Waals surface area contributed by atoms with Crippen LogP contribution in [0.1, 0.15) is 86.9 Å². The molecule has 81 heavy (non-hydrogen) atoms. The Bertz CT molecular complexity index is 2950. The summed E-state index contributed by atoms with van der Waals surface area (Å²) in [5.41, 5.74) is 3.50. The third kappa shape index (κ3) is 15.9. The van der Waals surface area contributed by atoms with Crippen LogP contribution in [-0.4, -0.2) is 155 Å². The molecule has 434 valence electrons. The molecular weight excluding hydrogens is 1070 g/mol. The molecule has 3 fully saturated rings. The number of hydrogen-bond acceptors (Lipinski definition) is 11. The van der Waals surface area contributed by atoms with Crippen LogP contribution < -0.4 is 20.1 Å². The largest absolute Gasteiger partial charge is 0.619 e. The number of hydrogen-bond donors (Lipinski definition) is 2. The van der Waals surface area contributed by atoms with Gasteiger partial charge in [-0.15, -0.1) is 0 Å². The maximum atomic E-state index is 15.8. The summed E-state index contributed by atoms with van der Waals surface area (Å²) >= 11 is 13.0. The van der Waals surface area contributed by atoms with Crippen molar-refractivity contribution in [1.29, 1.82) is 0 Å². The van der Waals surface area contributed by atoms with Crippen LogP contribution in [0, 0.1) is 11.1 Å². The average molecular weight is 1150 g/mol. The van der Waals surface area contributed by atoms with Gasteiger partial charge in [0.05, 0.1) is 43.5 Å². The zero-order valence-electron chi connectivity index (χ0n) is 47.5. The number of rotatable bonds is 17. The summed E-state index contributed by atoms with van der Waals surface area (Å²) in [4.78, 5) is 89.8. The second kappa shape index (κ2) is 28.4. The lowest BCUT2D eigenvalue weighted by molar-refractivity contribution is -0.614. The molecule has 0 radical (unpaired) electrons. The molecule has 5 aromatic rings. The molecule has 6 atom stereocenters. The molecule has 2 N–H and O–H groups in total. The normalized spacial score (nSPS) is 22.1. The topological polar surface area (TPSA) is 189 Å². The minimum Gasteiger partial charge on any atom is -0.619 e. The van der Waals surface area contributed by atoms with Crippen molar-refractivity contribution in [2.45, 2.75) is 120 Å². The van der Waals surface area contributed by atoms with Crippen LogP contribution >= 0.6 is 23.2 Å². The van der Waals surface area contributed by atoms with Crippen molar-refractivity contribution in [2.75, 3.05) is 61.5 Å². The Labute approximate surface area is 486 Å². The molecule has 0 bridgehead atoms. The van der Waals surface area contributed by atoms with Gasteiger partial charge in [0.2, 0.25) is 29.5 Å². The minimum absolute atomic E-state index is 0.0845. The predicted molar refractivity (Wildman–Crippen MR) is 311 cm³/mol. The summed E-state index contributed by atoms with van der Waals surface area (Å²) in [5.74, 6) is -1.64. The van der Waals surface area contributed by atoms with E-state index < -0.39 is 53.8 Å². The first-order chi connectivity index (χ1) is 39.0. The fraction of sp³-hybridized carbons (Fsp3) is 0.492. The first kappa shape index (κ1) is 60.5. The number of aromatic nitrogens is 3. The summed E-state index contributed by atoms with van der Waals surface area (Å²) in [5, 5.41) is 20.6. The molecule has 18 nitrogen and oxygen atoms in total. The molecule has 4 heterocycles. The summed E-state index contributed by atoms with van der Waals surface area (Å²) in [6.07, 6.45) is 8.54. The highest BCUT2D eigenvalue weighted by Crippen LogP contribution is 2.34. The van der Waals surface area contributed by atoms with Crippen molar-refractivity contribution < 1.29 is 38.2 Å². The molecule has 2 saturated heterocycles. The Balaban J connectivity index is 1.21. The number of nitrogens with one attached hydrogen (secondary N) is 2. The van der Waals surface area contributed by atoms with Gasteiger partial charge < -0.3 is 54.4 Å². The minimum atomic E-state index is -1.24. The molecule has 5 amide bonds. The highest BCUT2D eigenvalue weighted by Gasteiger charge is 2.41. The number of benzene rings is 3. The van der Waals surface area contributed by atoms with E-state index in [4.69, 9.17) is 32.7 Å². The Morgan fingerprint density at radius 1 is 0.815 bits per heavy atom. The zero-order chi connectivity index (χ0) is 57.7. The number of likely N-dealkylation sites (N-methyl/N-ethyl adjacent to an activating group) is 2. The molecule has 1 aliphatic carbocycles. The van der Waals surface area contributed by atoms with E-state index in [1.165, 1.54) is 23.1 Å². The Hall–Kier alpha value is -6.57. The lowest BCUT2D eigenvalue weighted by Gasteiger charge is -2.40. The molecule has 2 aliphatic heterocycles. The molecule has 0 unspecified atom stereocenters. The van der Waals surface area contributed by atoms with E-state index in [2.05, 4.69) is 30.0 Å². The van der Waals surface area contributed by atoms with Crippen LogP contribution in [0.5, 0.6) is 11.5 Å². The predicted octanol–water partition coefficient (Wildman–Crippen LogP) is 7.19. The van der Waals surface area contributed by atoms with Gasteiger partial charge in [0.25, 0.3) is 0 Å². The van der Waals surface area contributed by atoms with E-state index in [9.17, 15) is 10.0 Å². The first-order valence-corrected chi connectivity index (χ1v) is 29.0. The number of halogens is 2. The van der Waals surface area contributed by atoms with E-state index in [1.807, 2.05) is 63.7 Å². The van der Waals surface area contributed by atoms with Gasteiger partial charge in [-0.25, -0.2) is 4.98 Å². The van der Waals surface area contributed by atoms with Crippen molar-refractivity contribution in [3.05, 3.63) is 135 Å². The van der Waals surface area contributed by atoms with Gasteiger partial charge >= 0.3 is 0 Å². The molecule has 8 rings (SSSR count). The monoisotopic (exact) mass is 1150 g/mol. The number of pyridine rings is 1. The lowest BCUT2D eigenvalue weighted by atomic mass is 9.87. The fourth-order valence-electron chi connectivity index (χ4n) is 11.6. The summed E-state index contributed by atoms with van der Waals surface area (Å²) < 4.78 is 15.1. The van der Waals surface area contributed by atoms with Crippen LogP contribution in [0.4, 0.5) is 0 Å². The van der Waals surface area contributed by atoms with Crippen LogP contribution in [0.2, 0.25) is 10.0 Å². The van der Waals surface area contributed by atoms with E-state index in [1.54, 1.807) is 67.5 Å². The van der Waals surface area contributed by atoms with Crippen molar-refractivity contribution in [1.82, 2.24) is 44.7 Å². The van der Waals surface area contributed by atoms with Crippen LogP contribution in [0.25, 0.3) is 11.3 Å². The summed E-state index contributed by atoms with van der Waals surface area (Å²) in [6, 6.07) is 20.9. The second-order valence-electron chi connectivity index (χ2n) is 22.2. The number of fused-ring (bicyclic) bond motifs is 1. The van der Waals surface area contributed by atoms with Crippen molar-refractivity contribution >= 4 is 52.7 Å². The Morgan fingerprint density at radius 3 is 2.26 bits per heavy atom. The summed E-state index contributed by atoms with van der Waals surface area (Å²) in [6.45, 7) is 2.78. The summed E-state index contributed by atoms with van der Waals surface area (Å²) in [7, 11) is 10.7. The number of carbonyl (C=O) groups is 5. The third-order valence-electron chi connectivity index (χ3n) is 16.1. The van der Waals surface area contributed by atoms with Gasteiger partial charge in [-0.2, -0.15) is 4.73 Å². The Kier molecular flexibility index (Phi) is 21.2. The molecule has 3 aliphatic rings. The fourth-order valence-corrected chi connectivity index (χ4v) is 11.9. The lowest BCUT2D eigenvalue weighted by Crippen LogP contribution is -2.59. The van der Waals surface area contributed by atoms with Crippen LogP contribution in [0.3, 0.4) is 0 Å². The smallest absolute Gasteiger partial charge is 0.247 e. The number of likely N-dealkylation sites (tertiary alicyclic amines) is 1. The standard InChI is InChI=1S/C61H78Cl2N10O8/c1-67(2)39-56-64-37-54(69(56)4)42-21-26-49(27-22-42)81-55-35-46(63)25-20-43(55)38-72-53(17-13-30-71-28-11-12-29-71)59(76)66-51(40-80-6)61(78)68(3)48(32-41-18-23-45(62)24-19-41)36-57(74)65-50-15-7-8-16-52(50)70(5)60(77)44(34-58(72)75)33-47-14-9-10-31-73(47)79/h9-10,14,18-27,31,35,37,44,48,50-53H,7-8,11-13,15-17,28-30,32-34,36,38-40H2,1-6H3,(H,65,74)(H,66,76)/t44-,48+,50+,51+,52+,53+/m1/s1. The van der Waals surface area contributed by atoms with E-state index in [-0.39, 0.29) is 62.8 Å². The van der Waals surface area contributed by atoms with E-state index >= 15 is 19.2 Å². The molecule has 20 heteroatoms. The van der Waals surface area contributed by atoms with Gasteiger partial charge in [0, 0.05) is 92.9 Å². The number of methoxy groups -OCH3 is 1. The second-order valence-corrected chi connectivity index (χ2v) is 23.1. The zero-order valence-corrected chi connectivity index (χ0v) is 49.0. The quantitative estimate of drug-likeness (QED) is 0.0709. The maximum absolute atomic E-state index is 15.8. The highest BCUT2D eigenvalue weighted by molar-refractivity contribution is 6.31. The first-order valence-electron chi connectivity index (χ1n) is 28.2. The number of imidazole rings is 1. The molecule has 1 saturated carbocycles. The molecule has 2 aromatic heterocycles. The highest BCUT2D eigenvalue weighted by atomic mass is 35.5. The number of amides is 5. The SMILES string of the molecule is COC[C@@H]1NC(=O)[C@H](CCCN2CCCC2)N(Cc2ccc(Cl)cc2Oc2ccc(-c3cnc(CN(C)C)n3C)cc2)C(=O)C[C@@H](Cc2cccc[n+]2[O-])C(=O)N(C)[C@H]2CCCC[C@@H]2NC(=O)C[C@H](Cc2ccc(Cl)cc2)N(C)C1=O. The Morgan fingerprint density at radius 2 is 1.54 bits per heavy atom. The van der Waals surface area contributed by atoms with Gasteiger partial charge in [-0.1, -0.05) is 60.3 Å². The number of carbonyl (C=O) groups excluding carboxylic acids is 5. The van der Waals surface area contributed by atoms with Crippen molar-refractivity contribution in [2.24, 2.45) is 13.0 Å². The molecular formula is C61H78Cl2N10O8. The van der Waals surface area contributed by atoms with Gasteiger partial charge in [-0.3, -0.25) is 24.0 Å². The van der Waals surface area contributed by atoms with Crippen LogP contribution in [-0.2, 0) is 61.7 Å².